The van der Waals surface area contributed by atoms with Gasteiger partial charge in [-0.05, 0) is 19.1 Å². The summed E-state index contributed by atoms with van der Waals surface area (Å²) in [6.45, 7) is 11.7. The Balaban J connectivity index is 1.56. The number of hydrogen-bond acceptors (Lipinski definition) is 5. The zero-order chi connectivity index (χ0) is 18.0. The van der Waals surface area contributed by atoms with Crippen molar-refractivity contribution in [2.24, 2.45) is 5.41 Å². The molecule has 2 heterocycles. The first-order valence-corrected chi connectivity index (χ1v) is 8.74. The standard InChI is InChI=1S/C19H26N4O2/c1-14-5-7-15(8-6-14)17-20-16(21-25-17)13-22-9-11-23(12-10-22)18(24)19(2,3)4/h5-8H,9-13H2,1-4H3. The van der Waals surface area contributed by atoms with Crippen LogP contribution in [0.25, 0.3) is 11.5 Å². The zero-order valence-corrected chi connectivity index (χ0v) is 15.5. The fourth-order valence-electron chi connectivity index (χ4n) is 2.91. The third kappa shape index (κ3) is 4.25. The molecule has 1 fully saturated rings. The molecule has 0 bridgehead atoms. The molecule has 0 unspecified atom stereocenters. The van der Waals surface area contributed by atoms with E-state index in [1.54, 1.807) is 0 Å². The number of nitrogens with zero attached hydrogens (tertiary/aromatic N) is 4. The summed E-state index contributed by atoms with van der Waals surface area (Å²) < 4.78 is 5.38. The molecule has 1 aliphatic heterocycles. The van der Waals surface area contributed by atoms with Gasteiger partial charge in [-0.15, -0.1) is 0 Å². The van der Waals surface area contributed by atoms with Crippen LogP contribution in [0.5, 0.6) is 0 Å². The number of benzene rings is 1. The highest BCUT2D eigenvalue weighted by atomic mass is 16.5. The van der Waals surface area contributed by atoms with Gasteiger partial charge in [-0.3, -0.25) is 9.69 Å². The van der Waals surface area contributed by atoms with E-state index < -0.39 is 0 Å². The van der Waals surface area contributed by atoms with Crippen LogP contribution in [-0.2, 0) is 11.3 Å². The fourth-order valence-corrected chi connectivity index (χ4v) is 2.91. The van der Waals surface area contributed by atoms with Gasteiger partial charge in [-0.1, -0.05) is 43.6 Å². The Kier molecular flexibility index (Phi) is 4.90. The van der Waals surface area contributed by atoms with E-state index in [1.807, 2.05) is 56.9 Å². The van der Waals surface area contributed by atoms with E-state index in [9.17, 15) is 4.79 Å². The molecule has 0 radical (unpaired) electrons. The summed E-state index contributed by atoms with van der Waals surface area (Å²) in [5.74, 6) is 1.45. The average molecular weight is 342 g/mol. The Hall–Kier alpha value is -2.21. The molecule has 0 saturated carbocycles. The molecule has 0 spiro atoms. The molecule has 1 aromatic carbocycles. The zero-order valence-electron chi connectivity index (χ0n) is 15.5. The minimum atomic E-state index is -0.321. The van der Waals surface area contributed by atoms with E-state index >= 15 is 0 Å². The first-order chi connectivity index (χ1) is 11.8. The number of carbonyl (C=O) groups is 1. The number of carbonyl (C=O) groups excluding carboxylic acids is 1. The monoisotopic (exact) mass is 342 g/mol. The second kappa shape index (κ2) is 6.96. The van der Waals surface area contributed by atoms with Crippen LogP contribution in [0, 0.1) is 12.3 Å². The van der Waals surface area contributed by atoms with Gasteiger partial charge in [0.2, 0.25) is 5.91 Å². The number of hydrogen-bond donors (Lipinski definition) is 0. The van der Waals surface area contributed by atoms with Gasteiger partial charge in [0.25, 0.3) is 5.89 Å². The van der Waals surface area contributed by atoms with Crippen LogP contribution >= 0.6 is 0 Å². The lowest BCUT2D eigenvalue weighted by molar-refractivity contribution is -0.141. The fraction of sp³-hybridized carbons (Fsp3) is 0.526. The maximum Gasteiger partial charge on any atom is 0.257 e. The van der Waals surface area contributed by atoms with Crippen LogP contribution in [0.4, 0.5) is 0 Å². The molecule has 0 aliphatic carbocycles. The van der Waals surface area contributed by atoms with Gasteiger partial charge in [0, 0.05) is 37.2 Å². The second-order valence-corrected chi connectivity index (χ2v) is 7.70. The van der Waals surface area contributed by atoms with E-state index in [2.05, 4.69) is 15.0 Å². The van der Waals surface area contributed by atoms with E-state index in [0.717, 1.165) is 31.7 Å². The minimum absolute atomic E-state index is 0.216. The van der Waals surface area contributed by atoms with E-state index in [0.29, 0.717) is 18.3 Å². The third-order valence-electron chi connectivity index (χ3n) is 4.43. The number of piperazine rings is 1. The predicted molar refractivity (Wildman–Crippen MR) is 95.8 cm³/mol. The SMILES string of the molecule is Cc1ccc(-c2nc(CN3CCN(C(=O)C(C)(C)C)CC3)no2)cc1. The van der Waals surface area contributed by atoms with Crippen molar-refractivity contribution < 1.29 is 9.32 Å². The third-order valence-corrected chi connectivity index (χ3v) is 4.43. The van der Waals surface area contributed by atoms with E-state index in [-0.39, 0.29) is 11.3 Å². The lowest BCUT2D eigenvalue weighted by Gasteiger charge is -2.37. The highest BCUT2D eigenvalue weighted by molar-refractivity contribution is 5.81. The number of aromatic nitrogens is 2. The van der Waals surface area contributed by atoms with Crippen molar-refractivity contribution in [1.82, 2.24) is 19.9 Å². The molecule has 134 valence electrons. The van der Waals surface area contributed by atoms with Crippen molar-refractivity contribution in [2.75, 3.05) is 26.2 Å². The van der Waals surface area contributed by atoms with Gasteiger partial charge in [-0.2, -0.15) is 4.98 Å². The van der Waals surface area contributed by atoms with Crippen molar-refractivity contribution in [1.29, 1.82) is 0 Å². The molecule has 1 saturated heterocycles. The second-order valence-electron chi connectivity index (χ2n) is 7.70. The highest BCUT2D eigenvalue weighted by Gasteiger charge is 2.29. The normalized spacial score (nSPS) is 16.2. The predicted octanol–water partition coefficient (Wildman–Crippen LogP) is 2.74. The maximum atomic E-state index is 12.3. The first kappa shape index (κ1) is 17.6. The van der Waals surface area contributed by atoms with Gasteiger partial charge in [0.15, 0.2) is 5.82 Å². The van der Waals surface area contributed by atoms with Crippen LogP contribution in [0.2, 0.25) is 0 Å². The van der Waals surface area contributed by atoms with Gasteiger partial charge in [0.05, 0.1) is 6.54 Å². The Morgan fingerprint density at radius 3 is 2.36 bits per heavy atom. The quantitative estimate of drug-likeness (QED) is 0.858. The summed E-state index contributed by atoms with van der Waals surface area (Å²) >= 11 is 0. The van der Waals surface area contributed by atoms with Crippen LogP contribution in [0.15, 0.2) is 28.8 Å². The van der Waals surface area contributed by atoms with Gasteiger partial charge in [0.1, 0.15) is 0 Å². The smallest absolute Gasteiger partial charge is 0.257 e. The van der Waals surface area contributed by atoms with Crippen LogP contribution in [-0.4, -0.2) is 52.0 Å². The van der Waals surface area contributed by atoms with Gasteiger partial charge in [-0.25, -0.2) is 0 Å². The molecular formula is C19H26N4O2. The van der Waals surface area contributed by atoms with Crippen molar-refractivity contribution in [3.8, 4) is 11.5 Å². The van der Waals surface area contributed by atoms with Gasteiger partial charge < -0.3 is 9.42 Å². The summed E-state index contributed by atoms with van der Waals surface area (Å²) in [5, 5.41) is 4.09. The lowest BCUT2D eigenvalue weighted by atomic mass is 9.94. The number of amides is 1. The topological polar surface area (TPSA) is 62.5 Å². The molecule has 25 heavy (non-hydrogen) atoms. The molecule has 3 rings (SSSR count). The Bertz CT molecular complexity index is 723. The lowest BCUT2D eigenvalue weighted by Crippen LogP contribution is -2.51. The summed E-state index contributed by atoms with van der Waals surface area (Å²) in [6, 6.07) is 8.04. The molecule has 1 aromatic heterocycles. The molecule has 0 N–H and O–H groups in total. The maximum absolute atomic E-state index is 12.3. The van der Waals surface area contributed by atoms with E-state index in [1.165, 1.54) is 5.56 Å². The largest absolute Gasteiger partial charge is 0.340 e. The molecule has 6 nitrogen and oxygen atoms in total. The molecule has 1 aliphatic rings. The van der Waals surface area contributed by atoms with Crippen LogP contribution < -0.4 is 0 Å². The van der Waals surface area contributed by atoms with Crippen molar-refractivity contribution in [3.05, 3.63) is 35.7 Å². The van der Waals surface area contributed by atoms with Crippen molar-refractivity contribution >= 4 is 5.91 Å². The average Bonchev–Trinajstić information content (AvgIpc) is 3.03. The summed E-state index contributed by atoms with van der Waals surface area (Å²) in [5.41, 5.74) is 1.81. The van der Waals surface area contributed by atoms with Gasteiger partial charge >= 0.3 is 0 Å². The molecular weight excluding hydrogens is 316 g/mol. The Labute approximate surface area is 148 Å². The number of rotatable bonds is 3. The number of aryl methyl sites for hydroxylation is 1. The molecule has 0 atom stereocenters. The van der Waals surface area contributed by atoms with Crippen LogP contribution in [0.3, 0.4) is 0 Å². The van der Waals surface area contributed by atoms with Crippen molar-refractivity contribution in [2.45, 2.75) is 34.2 Å². The summed E-state index contributed by atoms with van der Waals surface area (Å²) in [7, 11) is 0. The molecule has 2 aromatic rings. The van der Waals surface area contributed by atoms with E-state index in [4.69, 9.17) is 4.52 Å². The molecule has 6 heteroatoms. The summed E-state index contributed by atoms with van der Waals surface area (Å²) in [4.78, 5) is 21.0. The van der Waals surface area contributed by atoms with Crippen molar-refractivity contribution in [3.63, 3.8) is 0 Å². The first-order valence-electron chi connectivity index (χ1n) is 8.74. The summed E-state index contributed by atoms with van der Waals surface area (Å²) in [6.07, 6.45) is 0. The Morgan fingerprint density at radius 1 is 1.12 bits per heavy atom. The minimum Gasteiger partial charge on any atom is -0.340 e. The molecule has 1 amide bonds. The highest BCUT2D eigenvalue weighted by Crippen LogP contribution is 2.20. The Morgan fingerprint density at radius 2 is 1.76 bits per heavy atom. The van der Waals surface area contributed by atoms with Crippen LogP contribution in [0.1, 0.15) is 32.2 Å².